The van der Waals surface area contributed by atoms with E-state index in [1.54, 1.807) is 18.5 Å². The van der Waals surface area contributed by atoms with Crippen LogP contribution in [0.1, 0.15) is 38.5 Å². The highest BCUT2D eigenvalue weighted by Crippen LogP contribution is 2.46. The third-order valence-corrected chi connectivity index (χ3v) is 7.91. The van der Waals surface area contributed by atoms with Crippen LogP contribution in [-0.2, 0) is 0 Å². The van der Waals surface area contributed by atoms with Crippen LogP contribution in [0.3, 0.4) is 0 Å². The number of nitrogens with zero attached hydrogens (tertiary/aromatic N) is 5. The molecule has 0 amide bonds. The van der Waals surface area contributed by atoms with Gasteiger partial charge in [0.1, 0.15) is 10.8 Å². The van der Waals surface area contributed by atoms with Crippen molar-refractivity contribution in [1.82, 2.24) is 19.9 Å². The van der Waals surface area contributed by atoms with Crippen molar-refractivity contribution in [2.75, 3.05) is 18.0 Å². The van der Waals surface area contributed by atoms with Crippen molar-refractivity contribution in [1.29, 1.82) is 0 Å². The Kier molecular flexibility index (Phi) is 5.61. The van der Waals surface area contributed by atoms with Gasteiger partial charge in [-0.05, 0) is 49.3 Å². The molecular formula is C23H24ClN5S. The van der Waals surface area contributed by atoms with Crippen LogP contribution in [0.2, 0.25) is 5.02 Å². The first-order valence-electron chi connectivity index (χ1n) is 10.5. The molecule has 0 atom stereocenters. The molecule has 2 aliphatic rings. The van der Waals surface area contributed by atoms with Gasteiger partial charge in [-0.2, -0.15) is 0 Å². The van der Waals surface area contributed by atoms with Gasteiger partial charge in [-0.1, -0.05) is 42.3 Å². The number of hydrogen-bond acceptors (Lipinski definition) is 6. The Labute approximate surface area is 186 Å². The largest absolute Gasteiger partial charge is 0.355 e. The quantitative estimate of drug-likeness (QED) is 0.506. The summed E-state index contributed by atoms with van der Waals surface area (Å²) in [6.07, 6.45) is 15.4. The van der Waals surface area contributed by atoms with Gasteiger partial charge in [0.25, 0.3) is 0 Å². The van der Waals surface area contributed by atoms with Crippen LogP contribution in [-0.4, -0.2) is 33.0 Å². The SMILES string of the molecule is Clc1c(Sc2cnc(N3CCC4(CCCC4)CC3)cn2)cccc1-c1ncccn1. The minimum atomic E-state index is 0.615. The number of piperidine rings is 1. The second-order valence-corrected chi connectivity index (χ2v) is 9.64. The van der Waals surface area contributed by atoms with Crippen LogP contribution >= 0.6 is 23.4 Å². The summed E-state index contributed by atoms with van der Waals surface area (Å²) in [5.41, 5.74) is 1.44. The molecule has 0 N–H and O–H groups in total. The van der Waals surface area contributed by atoms with Gasteiger partial charge in [0.15, 0.2) is 5.82 Å². The molecule has 3 heterocycles. The Bertz CT molecular complexity index is 996. The molecule has 0 bridgehead atoms. The molecule has 2 fully saturated rings. The van der Waals surface area contributed by atoms with Crippen molar-refractivity contribution in [2.24, 2.45) is 5.41 Å². The van der Waals surface area contributed by atoms with E-state index in [-0.39, 0.29) is 0 Å². The highest BCUT2D eigenvalue weighted by molar-refractivity contribution is 7.99. The van der Waals surface area contributed by atoms with Gasteiger partial charge in [-0.3, -0.25) is 0 Å². The van der Waals surface area contributed by atoms with E-state index in [0.717, 1.165) is 34.4 Å². The van der Waals surface area contributed by atoms with Gasteiger partial charge >= 0.3 is 0 Å². The Morgan fingerprint density at radius 3 is 2.33 bits per heavy atom. The Morgan fingerprint density at radius 2 is 1.63 bits per heavy atom. The summed E-state index contributed by atoms with van der Waals surface area (Å²) in [4.78, 5) is 21.3. The van der Waals surface area contributed by atoms with Crippen LogP contribution in [0.25, 0.3) is 11.4 Å². The Hall–Kier alpha value is -2.18. The molecule has 2 aromatic heterocycles. The predicted molar refractivity (Wildman–Crippen MR) is 121 cm³/mol. The average Bonchev–Trinajstić information content (AvgIpc) is 3.25. The van der Waals surface area contributed by atoms with Gasteiger partial charge in [0.05, 0.1) is 17.4 Å². The van der Waals surface area contributed by atoms with Gasteiger partial charge in [-0.15, -0.1) is 0 Å². The molecule has 1 saturated carbocycles. The number of hydrogen-bond donors (Lipinski definition) is 0. The lowest BCUT2D eigenvalue weighted by molar-refractivity contribution is 0.226. The lowest BCUT2D eigenvalue weighted by Gasteiger charge is -2.39. The van der Waals surface area contributed by atoms with E-state index in [1.807, 2.05) is 30.6 Å². The summed E-state index contributed by atoms with van der Waals surface area (Å²) in [5.74, 6) is 1.60. The molecule has 0 unspecified atom stereocenters. The molecule has 5 nitrogen and oxygen atoms in total. The van der Waals surface area contributed by atoms with Crippen LogP contribution in [0.5, 0.6) is 0 Å². The van der Waals surface area contributed by atoms with Crippen molar-refractivity contribution in [3.05, 3.63) is 54.1 Å². The maximum Gasteiger partial charge on any atom is 0.160 e. The van der Waals surface area contributed by atoms with Crippen molar-refractivity contribution in [3.63, 3.8) is 0 Å². The number of halogens is 1. The van der Waals surface area contributed by atoms with E-state index < -0.39 is 0 Å². The zero-order valence-corrected chi connectivity index (χ0v) is 18.4. The number of aromatic nitrogens is 4. The summed E-state index contributed by atoms with van der Waals surface area (Å²) in [6.45, 7) is 2.18. The third-order valence-electron chi connectivity index (χ3n) is 6.41. The first kappa shape index (κ1) is 19.8. The second-order valence-electron chi connectivity index (χ2n) is 8.20. The van der Waals surface area contributed by atoms with E-state index in [4.69, 9.17) is 16.6 Å². The van der Waals surface area contributed by atoms with Crippen LogP contribution < -0.4 is 4.90 Å². The molecule has 0 radical (unpaired) electrons. The zero-order chi connectivity index (χ0) is 20.4. The highest BCUT2D eigenvalue weighted by atomic mass is 35.5. The normalized spacial score (nSPS) is 18.1. The van der Waals surface area contributed by atoms with Crippen molar-refractivity contribution >= 4 is 29.2 Å². The maximum atomic E-state index is 6.65. The summed E-state index contributed by atoms with van der Waals surface area (Å²) >= 11 is 8.16. The fourth-order valence-electron chi connectivity index (χ4n) is 4.67. The summed E-state index contributed by atoms with van der Waals surface area (Å²) in [5, 5.41) is 1.47. The molecule has 1 spiro atoms. The molecular weight excluding hydrogens is 414 g/mol. The molecule has 30 heavy (non-hydrogen) atoms. The lowest BCUT2D eigenvalue weighted by atomic mass is 9.77. The summed E-state index contributed by atoms with van der Waals surface area (Å²) in [7, 11) is 0. The minimum Gasteiger partial charge on any atom is -0.355 e. The molecule has 1 saturated heterocycles. The minimum absolute atomic E-state index is 0.615. The molecule has 1 aliphatic heterocycles. The first-order chi connectivity index (χ1) is 14.7. The predicted octanol–water partition coefficient (Wildman–Crippen LogP) is 5.90. The van der Waals surface area contributed by atoms with Gasteiger partial charge in [-0.25, -0.2) is 19.9 Å². The number of anilines is 1. The molecule has 1 aromatic carbocycles. The molecule has 5 rings (SSSR count). The van der Waals surface area contributed by atoms with Crippen molar-refractivity contribution < 1.29 is 0 Å². The molecule has 3 aromatic rings. The third kappa shape index (κ3) is 4.03. The van der Waals surface area contributed by atoms with Gasteiger partial charge < -0.3 is 4.90 Å². The van der Waals surface area contributed by atoms with Crippen LogP contribution in [0.15, 0.2) is 59.0 Å². The Balaban J connectivity index is 1.28. The maximum absolute atomic E-state index is 6.65. The lowest BCUT2D eigenvalue weighted by Crippen LogP contribution is -2.39. The average molecular weight is 438 g/mol. The standard InChI is InChI=1S/C23H24ClN5S/c24-21-17(22-25-11-4-12-26-22)5-3-6-18(21)30-20-16-27-19(15-28-20)29-13-9-23(10-14-29)7-1-2-8-23/h3-6,11-12,15-16H,1-2,7-10,13-14H2. The van der Waals surface area contributed by atoms with Crippen LogP contribution in [0, 0.1) is 5.41 Å². The smallest absolute Gasteiger partial charge is 0.160 e. The monoisotopic (exact) mass is 437 g/mol. The van der Waals surface area contributed by atoms with Gasteiger partial charge in [0, 0.05) is 35.9 Å². The Morgan fingerprint density at radius 1 is 0.867 bits per heavy atom. The fraction of sp³-hybridized carbons (Fsp3) is 0.391. The summed E-state index contributed by atoms with van der Waals surface area (Å²) < 4.78 is 0. The van der Waals surface area contributed by atoms with E-state index in [1.165, 1.54) is 50.3 Å². The van der Waals surface area contributed by atoms with Crippen LogP contribution in [0.4, 0.5) is 5.82 Å². The summed E-state index contributed by atoms with van der Waals surface area (Å²) in [6, 6.07) is 7.68. The van der Waals surface area contributed by atoms with Crippen molar-refractivity contribution in [2.45, 2.75) is 48.4 Å². The molecule has 7 heteroatoms. The van der Waals surface area contributed by atoms with E-state index in [0.29, 0.717) is 16.3 Å². The topological polar surface area (TPSA) is 54.8 Å². The first-order valence-corrected chi connectivity index (χ1v) is 11.7. The van der Waals surface area contributed by atoms with Crippen molar-refractivity contribution in [3.8, 4) is 11.4 Å². The molecule has 154 valence electrons. The van der Waals surface area contributed by atoms with E-state index >= 15 is 0 Å². The van der Waals surface area contributed by atoms with Gasteiger partial charge in [0.2, 0.25) is 0 Å². The second kappa shape index (κ2) is 8.52. The fourth-order valence-corrected chi connectivity index (χ4v) is 5.78. The molecule has 1 aliphatic carbocycles. The number of rotatable bonds is 4. The highest BCUT2D eigenvalue weighted by Gasteiger charge is 2.37. The zero-order valence-electron chi connectivity index (χ0n) is 16.8. The van der Waals surface area contributed by atoms with E-state index in [9.17, 15) is 0 Å². The van der Waals surface area contributed by atoms with E-state index in [2.05, 4.69) is 19.9 Å². The number of benzene rings is 1.